The molecule has 0 aromatic heterocycles. The van der Waals surface area contributed by atoms with E-state index in [1.165, 1.54) is 13.2 Å². The van der Waals surface area contributed by atoms with Crippen LogP contribution in [0.2, 0.25) is 0 Å². The molecule has 0 fully saturated rings. The Bertz CT molecular complexity index is 311. The Labute approximate surface area is 88.8 Å². The van der Waals surface area contributed by atoms with Crippen molar-refractivity contribution in [3.8, 4) is 11.5 Å². The Balaban J connectivity index is 2.73. The highest BCUT2D eigenvalue weighted by Gasteiger charge is 2.10. The quantitative estimate of drug-likeness (QED) is 0.686. The van der Waals surface area contributed by atoms with Crippen molar-refractivity contribution in [3.63, 3.8) is 0 Å². The molecule has 1 atom stereocenters. The highest BCUT2D eigenvalue weighted by molar-refractivity contribution is 5.42. The molecule has 0 aliphatic rings. The largest absolute Gasteiger partial charge is 0.504 e. The van der Waals surface area contributed by atoms with Crippen molar-refractivity contribution in [2.45, 2.75) is 18.9 Å². The Morgan fingerprint density at radius 3 is 2.67 bits per heavy atom. The molecule has 1 aromatic rings. The molecular weight excluding hydrogens is 196 g/mol. The lowest BCUT2D eigenvalue weighted by molar-refractivity contribution is 0.151. The van der Waals surface area contributed by atoms with E-state index in [2.05, 4.69) is 0 Å². The first-order valence-electron chi connectivity index (χ1n) is 4.85. The van der Waals surface area contributed by atoms with Gasteiger partial charge in [0, 0.05) is 6.61 Å². The minimum Gasteiger partial charge on any atom is -0.504 e. The first-order valence-corrected chi connectivity index (χ1v) is 4.85. The summed E-state index contributed by atoms with van der Waals surface area (Å²) in [7, 11) is 1.47. The van der Waals surface area contributed by atoms with Crippen molar-refractivity contribution < 1.29 is 20.1 Å². The average Bonchev–Trinajstić information content (AvgIpc) is 2.25. The molecule has 0 bridgehead atoms. The van der Waals surface area contributed by atoms with Gasteiger partial charge in [0.25, 0.3) is 0 Å². The third-order valence-corrected chi connectivity index (χ3v) is 2.22. The van der Waals surface area contributed by atoms with Crippen LogP contribution in [0.5, 0.6) is 11.5 Å². The Hall–Kier alpha value is -1.26. The summed E-state index contributed by atoms with van der Waals surface area (Å²) in [6, 6.07) is 4.77. The van der Waals surface area contributed by atoms with Gasteiger partial charge < -0.3 is 20.1 Å². The van der Waals surface area contributed by atoms with Crippen LogP contribution in [-0.2, 0) is 0 Å². The molecule has 1 rings (SSSR count). The van der Waals surface area contributed by atoms with Crippen LogP contribution in [0.3, 0.4) is 0 Å². The number of hydrogen-bond donors (Lipinski definition) is 3. The second-order valence-corrected chi connectivity index (χ2v) is 3.31. The van der Waals surface area contributed by atoms with Gasteiger partial charge in [-0.15, -0.1) is 0 Å². The number of ether oxygens (including phenoxy) is 1. The summed E-state index contributed by atoms with van der Waals surface area (Å²) in [6.07, 6.45) is 0.352. The molecule has 3 N–H and O–H groups in total. The van der Waals surface area contributed by atoms with Gasteiger partial charge in [0.05, 0.1) is 13.2 Å². The van der Waals surface area contributed by atoms with E-state index in [4.69, 9.17) is 9.84 Å². The van der Waals surface area contributed by atoms with Crippen molar-refractivity contribution in [3.05, 3.63) is 23.8 Å². The van der Waals surface area contributed by atoms with Gasteiger partial charge in [-0.1, -0.05) is 6.07 Å². The standard InChI is InChI=1S/C11H16O4/c1-15-11-5-4-8(7-10(11)14)9(13)3-2-6-12/h4-5,7,9,12-14H,2-3,6H2,1H3/t9-/m0/s1. The van der Waals surface area contributed by atoms with Gasteiger partial charge in [0.1, 0.15) is 0 Å². The predicted octanol–water partition coefficient (Wildman–Crippen LogP) is 1.21. The molecule has 84 valence electrons. The average molecular weight is 212 g/mol. The van der Waals surface area contributed by atoms with Crippen LogP contribution in [0, 0.1) is 0 Å². The second-order valence-electron chi connectivity index (χ2n) is 3.31. The molecule has 0 amide bonds. The van der Waals surface area contributed by atoms with Gasteiger partial charge in [0.2, 0.25) is 0 Å². The maximum absolute atomic E-state index is 9.68. The third kappa shape index (κ3) is 3.11. The number of phenols is 1. The van der Waals surface area contributed by atoms with Crippen molar-refractivity contribution >= 4 is 0 Å². The maximum atomic E-state index is 9.68. The van der Waals surface area contributed by atoms with Gasteiger partial charge >= 0.3 is 0 Å². The Morgan fingerprint density at radius 2 is 2.13 bits per heavy atom. The smallest absolute Gasteiger partial charge is 0.160 e. The number of rotatable bonds is 5. The van der Waals surface area contributed by atoms with Crippen LogP contribution in [0.1, 0.15) is 24.5 Å². The zero-order chi connectivity index (χ0) is 11.3. The summed E-state index contributed by atoms with van der Waals surface area (Å²) in [6.45, 7) is 0.0548. The van der Waals surface area contributed by atoms with Crippen LogP contribution < -0.4 is 4.74 Å². The number of hydrogen-bond acceptors (Lipinski definition) is 4. The normalized spacial score (nSPS) is 12.5. The Morgan fingerprint density at radius 1 is 1.40 bits per heavy atom. The molecule has 0 aliphatic carbocycles. The summed E-state index contributed by atoms with van der Waals surface area (Å²) >= 11 is 0. The summed E-state index contributed by atoms with van der Waals surface area (Å²) in [4.78, 5) is 0. The molecule has 0 aliphatic heterocycles. The molecule has 0 unspecified atom stereocenters. The fourth-order valence-corrected chi connectivity index (χ4v) is 1.37. The molecule has 0 spiro atoms. The number of benzene rings is 1. The molecule has 0 heterocycles. The summed E-state index contributed by atoms with van der Waals surface area (Å²) < 4.78 is 4.89. The van der Waals surface area contributed by atoms with E-state index in [-0.39, 0.29) is 12.4 Å². The van der Waals surface area contributed by atoms with Crippen molar-refractivity contribution in [1.82, 2.24) is 0 Å². The van der Waals surface area contributed by atoms with Crippen LogP contribution >= 0.6 is 0 Å². The number of aliphatic hydroxyl groups excluding tert-OH is 2. The van der Waals surface area contributed by atoms with Gasteiger partial charge in [-0.2, -0.15) is 0 Å². The Kier molecular flexibility index (Phi) is 4.39. The van der Waals surface area contributed by atoms with E-state index in [1.54, 1.807) is 12.1 Å². The molecule has 0 radical (unpaired) electrons. The topological polar surface area (TPSA) is 69.9 Å². The fourth-order valence-electron chi connectivity index (χ4n) is 1.37. The number of aliphatic hydroxyl groups is 2. The minimum absolute atomic E-state index is 0.0121. The van der Waals surface area contributed by atoms with Crippen LogP contribution in [-0.4, -0.2) is 29.0 Å². The van der Waals surface area contributed by atoms with Crippen LogP contribution in [0.25, 0.3) is 0 Å². The number of phenolic OH excluding ortho intramolecular Hbond substituents is 1. The molecule has 0 saturated carbocycles. The monoisotopic (exact) mass is 212 g/mol. The van der Waals surface area contributed by atoms with Crippen molar-refractivity contribution in [2.24, 2.45) is 0 Å². The number of aromatic hydroxyl groups is 1. The third-order valence-electron chi connectivity index (χ3n) is 2.22. The second kappa shape index (κ2) is 5.58. The summed E-state index contributed by atoms with van der Waals surface area (Å²) in [5.74, 6) is 0.395. The lowest BCUT2D eigenvalue weighted by atomic mass is 10.0. The maximum Gasteiger partial charge on any atom is 0.160 e. The first kappa shape index (κ1) is 11.8. The highest BCUT2D eigenvalue weighted by Crippen LogP contribution is 2.30. The molecule has 15 heavy (non-hydrogen) atoms. The lowest BCUT2D eigenvalue weighted by Crippen LogP contribution is -1.99. The molecular formula is C11H16O4. The van der Waals surface area contributed by atoms with E-state index in [0.29, 0.717) is 24.2 Å². The zero-order valence-corrected chi connectivity index (χ0v) is 8.68. The zero-order valence-electron chi connectivity index (χ0n) is 8.68. The van der Waals surface area contributed by atoms with E-state index in [1.807, 2.05) is 0 Å². The minimum atomic E-state index is -0.658. The van der Waals surface area contributed by atoms with Crippen LogP contribution in [0.15, 0.2) is 18.2 Å². The molecule has 4 heteroatoms. The van der Waals surface area contributed by atoms with E-state index >= 15 is 0 Å². The molecule has 0 saturated heterocycles. The summed E-state index contributed by atoms with van der Waals surface area (Å²) in [5.41, 5.74) is 0.627. The SMILES string of the molecule is COc1ccc([C@@H](O)CCCO)cc1O. The predicted molar refractivity (Wildman–Crippen MR) is 55.9 cm³/mol. The van der Waals surface area contributed by atoms with Gasteiger partial charge in [-0.25, -0.2) is 0 Å². The molecule has 1 aromatic carbocycles. The fraction of sp³-hybridized carbons (Fsp3) is 0.455. The van der Waals surface area contributed by atoms with E-state index < -0.39 is 6.10 Å². The summed E-state index contributed by atoms with van der Waals surface area (Å²) in [5, 5.41) is 27.8. The lowest BCUT2D eigenvalue weighted by Gasteiger charge is -2.11. The van der Waals surface area contributed by atoms with Gasteiger partial charge in [-0.05, 0) is 30.5 Å². The first-order chi connectivity index (χ1) is 7.19. The van der Waals surface area contributed by atoms with E-state index in [9.17, 15) is 10.2 Å². The van der Waals surface area contributed by atoms with E-state index in [0.717, 1.165) is 0 Å². The van der Waals surface area contributed by atoms with Gasteiger partial charge in [-0.3, -0.25) is 0 Å². The number of methoxy groups -OCH3 is 1. The van der Waals surface area contributed by atoms with Crippen molar-refractivity contribution in [2.75, 3.05) is 13.7 Å². The van der Waals surface area contributed by atoms with Crippen molar-refractivity contribution in [1.29, 1.82) is 0 Å². The highest BCUT2D eigenvalue weighted by atomic mass is 16.5. The van der Waals surface area contributed by atoms with Gasteiger partial charge in [0.15, 0.2) is 11.5 Å². The molecule has 4 nitrogen and oxygen atoms in total. The van der Waals surface area contributed by atoms with Crippen LogP contribution in [0.4, 0.5) is 0 Å².